The Bertz CT molecular complexity index is 1230. The lowest BCUT2D eigenvalue weighted by Gasteiger charge is -2.33. The number of hydrogen-bond acceptors (Lipinski definition) is 7. The maximum Gasteiger partial charge on any atom is 0.247 e. The fourth-order valence-electron chi connectivity index (χ4n) is 4.90. The number of nitrogens with zero attached hydrogens (tertiary/aromatic N) is 5. The van der Waals surface area contributed by atoms with E-state index in [4.69, 9.17) is 9.47 Å². The number of benzene rings is 2. The number of carbonyl (C=O) groups is 2. The zero-order chi connectivity index (χ0) is 28.3. The van der Waals surface area contributed by atoms with Gasteiger partial charge in [0, 0.05) is 31.4 Å². The number of ether oxygens (including phenoxy) is 2. The van der Waals surface area contributed by atoms with Crippen LogP contribution in [0.4, 0.5) is 4.39 Å². The summed E-state index contributed by atoms with van der Waals surface area (Å²) in [7, 11) is 1.59. The highest BCUT2D eigenvalue weighted by Crippen LogP contribution is 2.25. The predicted octanol–water partition coefficient (Wildman–Crippen LogP) is 3.93. The van der Waals surface area contributed by atoms with E-state index in [0.717, 1.165) is 37.7 Å². The largest absolute Gasteiger partial charge is 0.497 e. The first kappa shape index (κ1) is 29.1. The SMILES string of the molecule is CCOCCCN(C(=O)Cn1nnc(-c2ccc(OC)cc2)n1)[C@H](C(=O)NC1CCCCC1)c1ccc(F)cc1. The van der Waals surface area contributed by atoms with E-state index in [9.17, 15) is 14.0 Å². The molecule has 4 rings (SSSR count). The van der Waals surface area contributed by atoms with Crippen molar-refractivity contribution in [3.63, 3.8) is 0 Å². The Morgan fingerprint density at radius 2 is 1.82 bits per heavy atom. The van der Waals surface area contributed by atoms with Gasteiger partial charge < -0.3 is 19.7 Å². The monoisotopic (exact) mass is 552 g/mol. The summed E-state index contributed by atoms with van der Waals surface area (Å²) in [6.45, 7) is 2.93. The minimum absolute atomic E-state index is 0.0496. The zero-order valence-electron chi connectivity index (χ0n) is 23.1. The van der Waals surface area contributed by atoms with Gasteiger partial charge in [-0.05, 0) is 73.4 Å². The van der Waals surface area contributed by atoms with E-state index in [1.807, 2.05) is 19.1 Å². The second-order valence-corrected chi connectivity index (χ2v) is 9.81. The zero-order valence-corrected chi connectivity index (χ0v) is 23.1. The van der Waals surface area contributed by atoms with Crippen LogP contribution < -0.4 is 10.1 Å². The van der Waals surface area contributed by atoms with Gasteiger partial charge in [-0.15, -0.1) is 10.2 Å². The number of hydrogen-bond donors (Lipinski definition) is 1. The van der Waals surface area contributed by atoms with E-state index in [1.165, 1.54) is 21.8 Å². The van der Waals surface area contributed by atoms with Gasteiger partial charge in [0.2, 0.25) is 17.6 Å². The van der Waals surface area contributed by atoms with E-state index >= 15 is 0 Å². The first-order chi connectivity index (χ1) is 19.5. The summed E-state index contributed by atoms with van der Waals surface area (Å²) in [5, 5.41) is 15.7. The molecule has 0 aliphatic heterocycles. The van der Waals surface area contributed by atoms with Crippen LogP contribution in [0, 0.1) is 5.82 Å². The van der Waals surface area contributed by atoms with Crippen molar-refractivity contribution in [2.24, 2.45) is 0 Å². The molecule has 0 spiro atoms. The molecule has 0 radical (unpaired) electrons. The van der Waals surface area contributed by atoms with Crippen molar-refractivity contribution in [2.75, 3.05) is 26.9 Å². The molecule has 40 heavy (non-hydrogen) atoms. The molecule has 1 aliphatic carbocycles. The number of carbonyl (C=O) groups excluding carboxylic acids is 2. The second-order valence-electron chi connectivity index (χ2n) is 9.81. The van der Waals surface area contributed by atoms with Gasteiger partial charge in [-0.25, -0.2) is 4.39 Å². The molecule has 2 amide bonds. The van der Waals surface area contributed by atoms with Crippen molar-refractivity contribution >= 4 is 11.8 Å². The molecule has 1 heterocycles. The summed E-state index contributed by atoms with van der Waals surface area (Å²) >= 11 is 0. The molecule has 10 nitrogen and oxygen atoms in total. The molecule has 0 saturated heterocycles. The van der Waals surface area contributed by atoms with Gasteiger partial charge >= 0.3 is 0 Å². The standard InChI is InChI=1S/C29H37FN6O4/c1-3-40-19-7-18-35(26(37)20-36-33-28(32-34-36)22-12-16-25(39-2)17-13-22)27(21-10-14-23(30)15-11-21)29(38)31-24-8-5-4-6-9-24/h10-17,24,27H,3-9,18-20H2,1-2H3,(H,31,38)/t27-/m0/s1. The molecule has 1 N–H and O–H groups in total. The van der Waals surface area contributed by atoms with Crippen LogP contribution in [0.1, 0.15) is 57.1 Å². The van der Waals surface area contributed by atoms with Crippen molar-refractivity contribution in [1.29, 1.82) is 0 Å². The molecule has 0 bridgehead atoms. The molecular formula is C29H37FN6O4. The fourth-order valence-corrected chi connectivity index (χ4v) is 4.90. The molecule has 1 aromatic heterocycles. The molecular weight excluding hydrogens is 515 g/mol. The lowest BCUT2D eigenvalue weighted by Crippen LogP contribution is -2.48. The van der Waals surface area contributed by atoms with Gasteiger partial charge in [-0.1, -0.05) is 31.4 Å². The Hall–Kier alpha value is -3.86. The van der Waals surface area contributed by atoms with Gasteiger partial charge in [0.15, 0.2) is 0 Å². The average Bonchev–Trinajstić information content (AvgIpc) is 3.44. The van der Waals surface area contributed by atoms with Crippen LogP contribution in [0.25, 0.3) is 11.4 Å². The van der Waals surface area contributed by atoms with Crippen LogP contribution in [-0.2, 0) is 20.9 Å². The third kappa shape index (κ3) is 7.84. The first-order valence-electron chi connectivity index (χ1n) is 13.8. The van der Waals surface area contributed by atoms with Gasteiger partial charge in [0.05, 0.1) is 7.11 Å². The number of aromatic nitrogens is 4. The summed E-state index contributed by atoms with van der Waals surface area (Å²) in [5.41, 5.74) is 1.26. The second kappa shape index (κ2) is 14.5. The Kier molecular flexibility index (Phi) is 10.6. The van der Waals surface area contributed by atoms with Crippen molar-refractivity contribution in [2.45, 2.75) is 64.1 Å². The van der Waals surface area contributed by atoms with Crippen LogP contribution in [0.5, 0.6) is 5.75 Å². The maximum absolute atomic E-state index is 13.8. The quantitative estimate of drug-likeness (QED) is 0.320. The van der Waals surface area contributed by atoms with Gasteiger partial charge in [0.1, 0.15) is 24.2 Å². The Labute approximate surface area is 233 Å². The van der Waals surface area contributed by atoms with Crippen LogP contribution in [0.2, 0.25) is 0 Å². The minimum Gasteiger partial charge on any atom is -0.497 e. The third-order valence-electron chi connectivity index (χ3n) is 6.99. The molecule has 3 aromatic rings. The van der Waals surface area contributed by atoms with E-state index < -0.39 is 11.9 Å². The van der Waals surface area contributed by atoms with E-state index in [2.05, 4.69) is 20.7 Å². The third-order valence-corrected chi connectivity index (χ3v) is 6.99. The maximum atomic E-state index is 13.8. The molecule has 1 atom stereocenters. The highest BCUT2D eigenvalue weighted by Gasteiger charge is 2.33. The molecule has 1 aliphatic rings. The topological polar surface area (TPSA) is 111 Å². The summed E-state index contributed by atoms with van der Waals surface area (Å²) in [4.78, 5) is 30.2. The Morgan fingerprint density at radius 1 is 1.10 bits per heavy atom. The molecule has 2 aromatic carbocycles. The molecule has 214 valence electrons. The van der Waals surface area contributed by atoms with E-state index in [-0.39, 0.29) is 30.9 Å². The summed E-state index contributed by atoms with van der Waals surface area (Å²) < 4.78 is 24.5. The van der Waals surface area contributed by atoms with Gasteiger partial charge in [-0.2, -0.15) is 4.80 Å². The number of nitrogens with one attached hydrogen (secondary N) is 1. The van der Waals surface area contributed by atoms with Gasteiger partial charge in [-0.3, -0.25) is 9.59 Å². The fraction of sp³-hybridized carbons (Fsp3) is 0.483. The number of halogens is 1. The molecule has 11 heteroatoms. The van der Waals surface area contributed by atoms with Crippen LogP contribution in [0.3, 0.4) is 0 Å². The normalized spacial score (nSPS) is 14.5. The average molecular weight is 553 g/mol. The molecule has 1 fully saturated rings. The lowest BCUT2D eigenvalue weighted by atomic mass is 9.94. The highest BCUT2D eigenvalue weighted by molar-refractivity contribution is 5.89. The number of methoxy groups -OCH3 is 1. The summed E-state index contributed by atoms with van der Waals surface area (Å²) in [5.74, 6) is 0.00940. The molecule has 1 saturated carbocycles. The highest BCUT2D eigenvalue weighted by atomic mass is 19.1. The van der Waals surface area contributed by atoms with Crippen LogP contribution in [0.15, 0.2) is 48.5 Å². The first-order valence-corrected chi connectivity index (χ1v) is 13.8. The smallest absolute Gasteiger partial charge is 0.247 e. The van der Waals surface area contributed by atoms with Crippen molar-refractivity contribution in [3.05, 3.63) is 59.9 Å². The molecule has 0 unspecified atom stereocenters. The number of amides is 2. The van der Waals surface area contributed by atoms with E-state index in [1.54, 1.807) is 31.4 Å². The predicted molar refractivity (Wildman–Crippen MR) is 147 cm³/mol. The Morgan fingerprint density at radius 3 is 2.50 bits per heavy atom. The summed E-state index contributed by atoms with van der Waals surface area (Å²) in [6.07, 6.45) is 5.58. The van der Waals surface area contributed by atoms with Crippen molar-refractivity contribution < 1.29 is 23.5 Å². The van der Waals surface area contributed by atoms with Crippen LogP contribution in [-0.4, -0.2) is 69.8 Å². The summed E-state index contributed by atoms with van der Waals surface area (Å²) in [6, 6.07) is 12.0. The van der Waals surface area contributed by atoms with Crippen molar-refractivity contribution in [1.82, 2.24) is 30.4 Å². The van der Waals surface area contributed by atoms with E-state index in [0.29, 0.717) is 36.8 Å². The van der Waals surface area contributed by atoms with Crippen LogP contribution >= 0.6 is 0 Å². The van der Waals surface area contributed by atoms with Crippen molar-refractivity contribution in [3.8, 4) is 17.1 Å². The number of tetrazole rings is 1. The lowest BCUT2D eigenvalue weighted by molar-refractivity contribution is -0.142. The minimum atomic E-state index is -0.943. The van der Waals surface area contributed by atoms with Gasteiger partial charge in [0.25, 0.3) is 0 Å². The number of rotatable bonds is 13. The Balaban J connectivity index is 1.58.